The number of aryl methyl sites for hydroxylation is 1. The zero-order valence-corrected chi connectivity index (χ0v) is 26.8. The molecular weight excluding hydrogens is 595 g/mol. The van der Waals surface area contributed by atoms with Crippen LogP contribution >= 0.6 is 23.1 Å². The van der Waals surface area contributed by atoms with E-state index in [0.717, 1.165) is 28.0 Å². The van der Waals surface area contributed by atoms with Crippen LogP contribution in [0.4, 0.5) is 11.4 Å². The fraction of sp³-hybridized carbons (Fsp3) is 0.294. The number of amides is 3. The van der Waals surface area contributed by atoms with Gasteiger partial charge in [0.05, 0.1) is 23.7 Å². The number of rotatable bonds is 6. The molecule has 3 heterocycles. The molecule has 0 bridgehead atoms. The Kier molecular flexibility index (Phi) is 7.75. The smallest absolute Gasteiger partial charge is 0.308 e. The highest BCUT2D eigenvalue weighted by molar-refractivity contribution is 8.00. The maximum Gasteiger partial charge on any atom is 0.308 e. The lowest BCUT2D eigenvalue weighted by Crippen LogP contribution is -2.33. The van der Waals surface area contributed by atoms with Gasteiger partial charge in [0.25, 0.3) is 0 Å². The molecule has 0 spiro atoms. The average Bonchev–Trinajstić information content (AvgIpc) is 3.44. The highest BCUT2D eigenvalue weighted by Crippen LogP contribution is 2.54. The molecule has 3 unspecified atom stereocenters. The third kappa shape index (κ3) is 5.26. The van der Waals surface area contributed by atoms with Crippen LogP contribution in [0.25, 0.3) is 0 Å². The van der Waals surface area contributed by atoms with E-state index in [-0.39, 0.29) is 34.6 Å². The molecule has 44 heavy (non-hydrogen) atoms. The summed E-state index contributed by atoms with van der Waals surface area (Å²) in [5.74, 6) is -1.61. The van der Waals surface area contributed by atoms with Gasteiger partial charge in [-0.15, -0.1) is 0 Å². The standard InChI is InChI=1S/C34H33N3O5S2/c1-19-8-6-7-9-24(19)35-25(38)18-36-32-29(44-33(36)41)26(20-10-12-21(13-11-20)34(2,3)4)27-28(43-32)31(40)37(30(27)39)22-14-16-23(42-5)17-15-22/h6-17,26-28H,18H2,1-5H3,(H,35,38). The van der Waals surface area contributed by atoms with Gasteiger partial charge in [-0.2, -0.15) is 0 Å². The van der Waals surface area contributed by atoms with Crippen LogP contribution in [0.1, 0.15) is 48.3 Å². The molecule has 8 nitrogen and oxygen atoms in total. The number of thioether (sulfide) groups is 1. The van der Waals surface area contributed by atoms with Crippen LogP contribution in [-0.2, 0) is 26.3 Å². The van der Waals surface area contributed by atoms with Crippen LogP contribution in [0.2, 0.25) is 0 Å². The summed E-state index contributed by atoms with van der Waals surface area (Å²) in [5.41, 5.74) is 3.96. The summed E-state index contributed by atoms with van der Waals surface area (Å²) in [5, 5.41) is 2.70. The number of benzene rings is 3. The number of methoxy groups -OCH3 is 1. The third-order valence-electron chi connectivity index (χ3n) is 8.24. The quantitative estimate of drug-likeness (QED) is 0.265. The first-order valence-electron chi connectivity index (χ1n) is 14.4. The lowest BCUT2D eigenvalue weighted by Gasteiger charge is -2.31. The third-order valence-corrected chi connectivity index (χ3v) is 10.8. The molecule has 3 amide bonds. The second kappa shape index (κ2) is 11.4. The van der Waals surface area contributed by atoms with E-state index in [9.17, 15) is 19.2 Å². The van der Waals surface area contributed by atoms with Gasteiger partial charge < -0.3 is 10.1 Å². The zero-order chi connectivity index (χ0) is 31.3. The van der Waals surface area contributed by atoms with E-state index in [1.165, 1.54) is 21.2 Å². The molecule has 2 aliphatic rings. The van der Waals surface area contributed by atoms with Gasteiger partial charge >= 0.3 is 4.87 Å². The van der Waals surface area contributed by atoms with Crippen LogP contribution in [0.3, 0.4) is 0 Å². The molecule has 0 saturated carbocycles. The number of hydrogen-bond acceptors (Lipinski definition) is 7. The number of carbonyl (C=O) groups is 3. The van der Waals surface area contributed by atoms with E-state index in [1.807, 2.05) is 55.5 Å². The van der Waals surface area contributed by atoms with Crippen LogP contribution in [0.5, 0.6) is 5.75 Å². The number of aromatic nitrogens is 1. The molecule has 1 aromatic heterocycles. The Hall–Kier alpha value is -4.15. The van der Waals surface area contributed by atoms with Gasteiger partial charge in [0.15, 0.2) is 0 Å². The van der Waals surface area contributed by atoms with Crippen molar-refractivity contribution in [3.63, 3.8) is 0 Å². The number of imide groups is 1. The van der Waals surface area contributed by atoms with Crippen molar-refractivity contribution in [2.45, 2.75) is 55.8 Å². The van der Waals surface area contributed by atoms with Gasteiger partial charge in [-0.05, 0) is 59.4 Å². The predicted octanol–water partition coefficient (Wildman–Crippen LogP) is 5.96. The van der Waals surface area contributed by atoms with Crippen molar-refractivity contribution in [2.24, 2.45) is 5.92 Å². The Labute approximate surface area is 264 Å². The second-order valence-electron chi connectivity index (χ2n) is 12.1. The second-order valence-corrected chi connectivity index (χ2v) is 14.2. The van der Waals surface area contributed by atoms with Crippen molar-refractivity contribution in [1.82, 2.24) is 4.57 Å². The van der Waals surface area contributed by atoms with Crippen molar-refractivity contribution in [3.05, 3.63) is 104 Å². The minimum atomic E-state index is -0.760. The van der Waals surface area contributed by atoms with Crippen molar-refractivity contribution in [1.29, 1.82) is 0 Å². The normalized spacial score (nSPS) is 19.5. The van der Waals surface area contributed by atoms with Crippen LogP contribution in [-0.4, -0.2) is 34.6 Å². The molecule has 2 aliphatic heterocycles. The molecule has 1 saturated heterocycles. The number of hydrogen-bond donors (Lipinski definition) is 1. The molecule has 0 aliphatic carbocycles. The summed E-state index contributed by atoms with van der Waals surface area (Å²) in [6.07, 6.45) is 0. The Bertz CT molecular complexity index is 1820. The van der Waals surface area contributed by atoms with Crippen LogP contribution in [0, 0.1) is 12.8 Å². The number of ether oxygens (including phenoxy) is 1. The van der Waals surface area contributed by atoms with Crippen molar-refractivity contribution < 1.29 is 19.1 Å². The number of fused-ring (bicyclic) bond motifs is 2. The first-order chi connectivity index (χ1) is 21.0. The summed E-state index contributed by atoms with van der Waals surface area (Å²) >= 11 is 2.25. The minimum Gasteiger partial charge on any atom is -0.497 e. The number of thiazole rings is 1. The molecule has 226 valence electrons. The Morgan fingerprint density at radius 2 is 1.61 bits per heavy atom. The van der Waals surface area contributed by atoms with Gasteiger partial charge in [-0.25, -0.2) is 4.90 Å². The summed E-state index contributed by atoms with van der Waals surface area (Å²) in [6.45, 7) is 8.09. The Morgan fingerprint density at radius 1 is 0.932 bits per heavy atom. The molecule has 3 atom stereocenters. The van der Waals surface area contributed by atoms with E-state index < -0.39 is 17.1 Å². The average molecular weight is 628 g/mol. The van der Waals surface area contributed by atoms with Gasteiger partial charge in [0.2, 0.25) is 17.7 Å². The number of para-hydroxylation sites is 1. The Balaban J connectivity index is 1.42. The highest BCUT2D eigenvalue weighted by Gasteiger charge is 2.56. The van der Waals surface area contributed by atoms with E-state index >= 15 is 0 Å². The first-order valence-corrected chi connectivity index (χ1v) is 16.1. The molecule has 1 fully saturated rings. The zero-order valence-electron chi connectivity index (χ0n) is 25.1. The number of nitrogens with zero attached hydrogens (tertiary/aromatic N) is 2. The Morgan fingerprint density at radius 3 is 2.25 bits per heavy atom. The number of nitrogens with one attached hydrogen (secondary N) is 1. The predicted molar refractivity (Wildman–Crippen MR) is 174 cm³/mol. The molecule has 10 heteroatoms. The summed E-state index contributed by atoms with van der Waals surface area (Å²) in [7, 11) is 1.56. The highest BCUT2D eigenvalue weighted by atomic mass is 32.2. The number of anilines is 2. The van der Waals surface area contributed by atoms with Gasteiger partial charge in [0.1, 0.15) is 17.5 Å². The monoisotopic (exact) mass is 627 g/mol. The van der Waals surface area contributed by atoms with Gasteiger partial charge in [0, 0.05) is 16.5 Å². The molecule has 6 rings (SSSR count). The fourth-order valence-electron chi connectivity index (χ4n) is 5.84. The topological polar surface area (TPSA) is 97.7 Å². The van der Waals surface area contributed by atoms with Crippen molar-refractivity contribution >= 4 is 52.2 Å². The van der Waals surface area contributed by atoms with E-state index in [1.54, 1.807) is 31.4 Å². The molecule has 4 aromatic rings. The maximum atomic E-state index is 14.1. The van der Waals surface area contributed by atoms with Crippen molar-refractivity contribution in [2.75, 3.05) is 17.3 Å². The summed E-state index contributed by atoms with van der Waals surface area (Å²) in [6, 6.07) is 22.4. The fourth-order valence-corrected chi connectivity index (χ4v) is 8.61. The van der Waals surface area contributed by atoms with Crippen LogP contribution in [0.15, 0.2) is 82.6 Å². The SMILES string of the molecule is COc1ccc(N2C(=O)C3Sc4c(sc(=O)n4CC(=O)Nc4ccccc4C)C(c4ccc(C(C)(C)C)cc4)C3C2=O)cc1. The van der Waals surface area contributed by atoms with Gasteiger partial charge in [-0.3, -0.25) is 23.7 Å². The largest absolute Gasteiger partial charge is 0.497 e. The lowest BCUT2D eigenvalue weighted by atomic mass is 9.81. The maximum absolute atomic E-state index is 14.1. The van der Waals surface area contributed by atoms with E-state index in [0.29, 0.717) is 27.0 Å². The summed E-state index contributed by atoms with van der Waals surface area (Å²) in [4.78, 5) is 56.4. The van der Waals surface area contributed by atoms with Gasteiger partial charge in [-0.1, -0.05) is 86.3 Å². The summed E-state index contributed by atoms with van der Waals surface area (Å²) < 4.78 is 6.71. The first kappa shape index (κ1) is 29.9. The minimum absolute atomic E-state index is 0.0719. The molecule has 3 aromatic carbocycles. The van der Waals surface area contributed by atoms with Crippen molar-refractivity contribution in [3.8, 4) is 5.75 Å². The van der Waals surface area contributed by atoms with Crippen LogP contribution < -0.4 is 19.8 Å². The number of carbonyl (C=O) groups excluding carboxylic acids is 3. The molecule has 0 radical (unpaired) electrons. The molecule has 1 N–H and O–H groups in total. The molecular formula is C34H33N3O5S2. The lowest BCUT2D eigenvalue weighted by molar-refractivity contribution is -0.122. The van der Waals surface area contributed by atoms with E-state index in [2.05, 4.69) is 26.1 Å². The van der Waals surface area contributed by atoms with E-state index in [4.69, 9.17) is 4.74 Å².